The summed E-state index contributed by atoms with van der Waals surface area (Å²) in [6.07, 6.45) is 0.941. The minimum Gasteiger partial charge on any atom is -0.326 e. The lowest BCUT2D eigenvalue weighted by Crippen LogP contribution is -2.18. The molecule has 0 spiro atoms. The number of aromatic nitrogens is 2. The normalized spacial score (nSPS) is 11.3. The Bertz CT molecular complexity index is 1230. The molecule has 154 valence electrons. The molecule has 4 aromatic rings. The second-order valence-electron chi connectivity index (χ2n) is 7.63. The van der Waals surface area contributed by atoms with Crippen LogP contribution >= 0.6 is 22.9 Å². The smallest absolute Gasteiger partial charge is 0.225 e. The van der Waals surface area contributed by atoms with Crippen molar-refractivity contribution in [1.82, 2.24) is 9.97 Å². The van der Waals surface area contributed by atoms with E-state index in [1.165, 1.54) is 32.7 Å². The van der Waals surface area contributed by atoms with Crippen molar-refractivity contribution in [2.24, 2.45) is 0 Å². The van der Waals surface area contributed by atoms with Crippen LogP contribution in [0.4, 0.5) is 11.5 Å². The molecule has 30 heavy (non-hydrogen) atoms. The first-order valence-electron chi connectivity index (χ1n) is 10.3. The van der Waals surface area contributed by atoms with Gasteiger partial charge in [0.15, 0.2) is 0 Å². The molecule has 0 aliphatic heterocycles. The van der Waals surface area contributed by atoms with Gasteiger partial charge in [-0.25, -0.2) is 4.98 Å². The minimum atomic E-state index is 0.291. The molecule has 0 bridgehead atoms. The van der Waals surface area contributed by atoms with Gasteiger partial charge >= 0.3 is 0 Å². The number of hydrogen-bond acceptors (Lipinski definition) is 4. The molecular weight excluding hydrogens is 410 g/mol. The monoisotopic (exact) mass is 435 g/mol. The Morgan fingerprint density at radius 1 is 0.967 bits per heavy atom. The van der Waals surface area contributed by atoms with Gasteiger partial charge in [-0.2, -0.15) is 4.98 Å². The van der Waals surface area contributed by atoms with Crippen molar-refractivity contribution in [2.75, 3.05) is 11.4 Å². The van der Waals surface area contributed by atoms with Crippen LogP contribution in [0, 0.1) is 20.8 Å². The van der Waals surface area contributed by atoms with Crippen LogP contribution in [-0.4, -0.2) is 16.5 Å². The van der Waals surface area contributed by atoms with Crippen molar-refractivity contribution in [3.8, 4) is 11.1 Å². The Balaban J connectivity index is 2.04. The Hall–Kier alpha value is -2.43. The highest BCUT2D eigenvalue weighted by atomic mass is 35.5. The van der Waals surface area contributed by atoms with Crippen molar-refractivity contribution >= 4 is 44.7 Å². The van der Waals surface area contributed by atoms with Gasteiger partial charge in [0.05, 0.1) is 5.39 Å². The van der Waals surface area contributed by atoms with Crippen molar-refractivity contribution in [1.29, 1.82) is 0 Å². The maximum Gasteiger partial charge on any atom is 0.225 e. The van der Waals surface area contributed by atoms with Crippen LogP contribution in [-0.2, 0) is 6.42 Å². The molecule has 0 saturated carbocycles. The lowest BCUT2D eigenvalue weighted by atomic mass is 9.98. The molecule has 0 amide bonds. The quantitative estimate of drug-likeness (QED) is 0.301. The van der Waals surface area contributed by atoms with Crippen LogP contribution in [0.15, 0.2) is 42.5 Å². The molecule has 5 heteroatoms. The van der Waals surface area contributed by atoms with E-state index in [9.17, 15) is 0 Å². The SMILES string of the molecule is CCc1sc2nc(Cl)nc(N(CC)c3cccc(C)c3)c2c1-c1ccc(C)c(C)c1. The van der Waals surface area contributed by atoms with Gasteiger partial charge in [0.1, 0.15) is 10.6 Å². The number of fused-ring (bicyclic) bond motifs is 1. The van der Waals surface area contributed by atoms with Crippen LogP contribution in [0.2, 0.25) is 5.28 Å². The van der Waals surface area contributed by atoms with Gasteiger partial charge in [-0.3, -0.25) is 0 Å². The summed E-state index contributed by atoms with van der Waals surface area (Å²) in [5, 5.41) is 1.38. The summed E-state index contributed by atoms with van der Waals surface area (Å²) in [6, 6.07) is 15.2. The van der Waals surface area contributed by atoms with Gasteiger partial charge in [0, 0.05) is 22.7 Å². The van der Waals surface area contributed by atoms with E-state index in [-0.39, 0.29) is 0 Å². The van der Waals surface area contributed by atoms with Gasteiger partial charge in [0.25, 0.3) is 0 Å². The van der Waals surface area contributed by atoms with Gasteiger partial charge in [-0.05, 0) is 80.1 Å². The molecule has 0 atom stereocenters. The number of thiophene rings is 1. The second kappa shape index (κ2) is 8.37. The summed E-state index contributed by atoms with van der Waals surface area (Å²) in [7, 11) is 0. The third-order valence-electron chi connectivity index (χ3n) is 5.58. The number of aryl methyl sites for hydroxylation is 4. The highest BCUT2D eigenvalue weighted by Crippen LogP contribution is 2.44. The van der Waals surface area contributed by atoms with Crippen molar-refractivity contribution in [3.05, 3.63) is 69.3 Å². The van der Waals surface area contributed by atoms with E-state index in [0.29, 0.717) is 5.28 Å². The van der Waals surface area contributed by atoms with Crippen LogP contribution < -0.4 is 4.90 Å². The number of nitrogens with zero attached hydrogens (tertiary/aromatic N) is 3. The van der Waals surface area contributed by atoms with Crippen molar-refractivity contribution < 1.29 is 0 Å². The van der Waals surface area contributed by atoms with Crippen LogP contribution in [0.25, 0.3) is 21.3 Å². The van der Waals surface area contributed by atoms with Crippen LogP contribution in [0.1, 0.15) is 35.4 Å². The first kappa shape index (κ1) is 20.8. The maximum atomic E-state index is 6.40. The zero-order chi connectivity index (χ0) is 21.4. The summed E-state index contributed by atoms with van der Waals surface area (Å²) >= 11 is 8.12. The lowest BCUT2D eigenvalue weighted by Gasteiger charge is -2.24. The average molecular weight is 436 g/mol. The Morgan fingerprint density at radius 3 is 2.43 bits per heavy atom. The number of anilines is 2. The van der Waals surface area contributed by atoms with Gasteiger partial charge in [-0.15, -0.1) is 11.3 Å². The molecule has 0 unspecified atom stereocenters. The molecule has 3 nitrogen and oxygen atoms in total. The summed E-state index contributed by atoms with van der Waals surface area (Å²) < 4.78 is 0. The van der Waals surface area contributed by atoms with Gasteiger partial charge < -0.3 is 4.90 Å². The number of benzene rings is 2. The van der Waals surface area contributed by atoms with Gasteiger partial charge in [0.2, 0.25) is 5.28 Å². The standard InChI is InChI=1S/C25H26ClN3S/c1-6-20-21(18-12-11-16(4)17(5)14-18)22-23(27-25(26)28-24(22)30-20)29(7-2)19-10-8-9-15(3)13-19/h8-14H,6-7H2,1-5H3. The molecule has 0 saturated heterocycles. The highest BCUT2D eigenvalue weighted by molar-refractivity contribution is 7.19. The molecule has 0 fully saturated rings. The lowest BCUT2D eigenvalue weighted by molar-refractivity contribution is 0.990. The van der Waals surface area contributed by atoms with Crippen LogP contribution in [0.3, 0.4) is 0 Å². The van der Waals surface area contributed by atoms with Crippen LogP contribution in [0.5, 0.6) is 0 Å². The molecule has 4 rings (SSSR count). The molecule has 0 N–H and O–H groups in total. The summed E-state index contributed by atoms with van der Waals surface area (Å²) in [5.74, 6) is 0.877. The minimum absolute atomic E-state index is 0.291. The molecule has 0 aliphatic rings. The third kappa shape index (κ3) is 3.70. The maximum absolute atomic E-state index is 6.40. The summed E-state index contributed by atoms with van der Waals surface area (Å²) in [6.45, 7) is 11.6. The number of rotatable bonds is 5. The predicted molar refractivity (Wildman–Crippen MR) is 131 cm³/mol. The van der Waals surface area contributed by atoms with Crippen molar-refractivity contribution in [3.63, 3.8) is 0 Å². The number of hydrogen-bond donors (Lipinski definition) is 0. The predicted octanol–water partition coefficient (Wildman–Crippen LogP) is 7.66. The third-order valence-corrected chi connectivity index (χ3v) is 6.98. The number of halogens is 1. The fourth-order valence-electron chi connectivity index (χ4n) is 3.90. The average Bonchev–Trinajstić information content (AvgIpc) is 3.09. The molecule has 2 aromatic carbocycles. The van der Waals surface area contributed by atoms with E-state index in [4.69, 9.17) is 16.6 Å². The molecular formula is C25H26ClN3S. The van der Waals surface area contributed by atoms with Crippen molar-refractivity contribution in [2.45, 2.75) is 41.0 Å². The van der Waals surface area contributed by atoms with E-state index in [2.05, 4.69) is 87.0 Å². The van der Waals surface area contributed by atoms with E-state index < -0.39 is 0 Å². The zero-order valence-corrected chi connectivity index (χ0v) is 19.7. The molecule has 2 heterocycles. The fourth-order valence-corrected chi connectivity index (χ4v) is 5.24. The first-order chi connectivity index (χ1) is 14.4. The summed E-state index contributed by atoms with van der Waals surface area (Å²) in [4.78, 5) is 13.8. The van der Waals surface area contributed by atoms with E-state index >= 15 is 0 Å². The fraction of sp³-hybridized carbons (Fsp3) is 0.280. The van der Waals surface area contributed by atoms with E-state index in [0.717, 1.165) is 34.7 Å². The topological polar surface area (TPSA) is 29.0 Å². The molecule has 0 aliphatic carbocycles. The summed E-state index contributed by atoms with van der Waals surface area (Å²) in [5.41, 5.74) is 7.37. The Kier molecular flexibility index (Phi) is 5.81. The second-order valence-corrected chi connectivity index (χ2v) is 9.05. The first-order valence-corrected chi connectivity index (χ1v) is 11.5. The Morgan fingerprint density at radius 2 is 1.77 bits per heavy atom. The molecule has 2 aromatic heterocycles. The van der Waals surface area contributed by atoms with Gasteiger partial charge in [-0.1, -0.05) is 37.3 Å². The van der Waals surface area contributed by atoms with E-state index in [1.807, 2.05) is 0 Å². The van der Waals surface area contributed by atoms with E-state index in [1.54, 1.807) is 11.3 Å². The largest absolute Gasteiger partial charge is 0.326 e. The zero-order valence-electron chi connectivity index (χ0n) is 18.1. The molecule has 0 radical (unpaired) electrons. The Labute approximate surface area is 187 Å². The highest BCUT2D eigenvalue weighted by Gasteiger charge is 2.23.